The summed E-state index contributed by atoms with van der Waals surface area (Å²) in [6, 6.07) is 8.09. The highest BCUT2D eigenvalue weighted by molar-refractivity contribution is 7.91. The van der Waals surface area contributed by atoms with Gasteiger partial charge >= 0.3 is 12.4 Å². The van der Waals surface area contributed by atoms with E-state index in [1.807, 2.05) is 0 Å². The molecular formula is C22H22F3N3O7S. The quantitative estimate of drug-likeness (QED) is 0.221. The van der Waals surface area contributed by atoms with E-state index in [0.717, 1.165) is 17.0 Å². The first-order valence-corrected chi connectivity index (χ1v) is 12.0. The van der Waals surface area contributed by atoms with Gasteiger partial charge in [-0.15, -0.1) is 13.2 Å². The van der Waals surface area contributed by atoms with Gasteiger partial charge in [-0.1, -0.05) is 24.3 Å². The monoisotopic (exact) mass is 529 g/mol. The Morgan fingerprint density at radius 1 is 1.08 bits per heavy atom. The number of nitrogens with one attached hydrogen (secondary N) is 1. The molecule has 0 aromatic heterocycles. The maximum absolute atomic E-state index is 13.0. The van der Waals surface area contributed by atoms with Gasteiger partial charge in [0.2, 0.25) is 6.41 Å². The van der Waals surface area contributed by atoms with Crippen molar-refractivity contribution >= 4 is 28.2 Å². The minimum atomic E-state index is -4.83. The molecule has 1 heterocycles. The lowest BCUT2D eigenvalue weighted by atomic mass is 10.1. The predicted octanol–water partition coefficient (Wildman–Crippen LogP) is 2.57. The van der Waals surface area contributed by atoms with Crippen molar-refractivity contribution in [2.45, 2.75) is 36.7 Å². The van der Waals surface area contributed by atoms with Crippen molar-refractivity contribution in [2.24, 2.45) is 0 Å². The van der Waals surface area contributed by atoms with Gasteiger partial charge in [0.25, 0.3) is 5.91 Å². The van der Waals surface area contributed by atoms with Crippen LogP contribution in [0.1, 0.15) is 13.8 Å². The van der Waals surface area contributed by atoms with Crippen LogP contribution in [0, 0.1) is 0 Å². The Morgan fingerprint density at radius 3 is 2.06 bits per heavy atom. The summed E-state index contributed by atoms with van der Waals surface area (Å²) >= 11 is 0. The minimum absolute atomic E-state index is 0.0287. The molecule has 2 aromatic carbocycles. The number of imide groups is 1. The highest BCUT2D eigenvalue weighted by atomic mass is 32.2. The number of rotatable bonds is 9. The van der Waals surface area contributed by atoms with E-state index in [1.54, 1.807) is 0 Å². The van der Waals surface area contributed by atoms with Gasteiger partial charge in [-0.05, 0) is 49.2 Å². The molecule has 1 atom stereocenters. The molecule has 1 aliphatic rings. The Balaban J connectivity index is 1.77. The first-order chi connectivity index (χ1) is 16.6. The molecule has 0 saturated carbocycles. The van der Waals surface area contributed by atoms with Crippen LogP contribution in [0.25, 0.3) is 11.1 Å². The molecule has 0 aliphatic carbocycles. The van der Waals surface area contributed by atoms with Crippen LogP contribution >= 0.6 is 0 Å². The fourth-order valence-corrected chi connectivity index (χ4v) is 5.05. The van der Waals surface area contributed by atoms with Crippen molar-refractivity contribution < 1.29 is 45.9 Å². The lowest BCUT2D eigenvalue weighted by Crippen LogP contribution is -2.48. The van der Waals surface area contributed by atoms with Gasteiger partial charge in [-0.25, -0.2) is 18.3 Å². The molecule has 0 bridgehead atoms. The third-order valence-electron chi connectivity index (χ3n) is 5.37. The van der Waals surface area contributed by atoms with Crippen LogP contribution in [0.5, 0.6) is 5.75 Å². The number of ether oxygens (including phenoxy) is 1. The van der Waals surface area contributed by atoms with Crippen molar-refractivity contribution in [1.82, 2.24) is 15.3 Å². The summed E-state index contributed by atoms with van der Waals surface area (Å²) in [6.07, 6.45) is -4.86. The van der Waals surface area contributed by atoms with Crippen LogP contribution in [0.4, 0.5) is 18.0 Å². The molecule has 36 heavy (non-hydrogen) atoms. The Bertz CT molecular complexity index is 1250. The molecule has 0 radical (unpaired) electrons. The number of urea groups is 1. The van der Waals surface area contributed by atoms with E-state index in [0.29, 0.717) is 11.1 Å². The fourth-order valence-electron chi connectivity index (χ4n) is 3.55. The number of benzene rings is 2. The van der Waals surface area contributed by atoms with E-state index < -0.39 is 57.8 Å². The van der Waals surface area contributed by atoms with Gasteiger partial charge in [0.1, 0.15) is 11.3 Å². The zero-order valence-corrected chi connectivity index (χ0v) is 19.8. The Labute approximate surface area is 204 Å². The predicted molar refractivity (Wildman–Crippen MR) is 118 cm³/mol. The smallest absolute Gasteiger partial charge is 0.406 e. The van der Waals surface area contributed by atoms with Crippen molar-refractivity contribution in [3.63, 3.8) is 0 Å². The number of nitrogens with zero attached hydrogens (tertiary/aromatic N) is 2. The number of amides is 4. The number of hydrogen-bond acceptors (Lipinski definition) is 7. The second-order valence-corrected chi connectivity index (χ2v) is 10.5. The molecule has 3 rings (SSSR count). The highest BCUT2D eigenvalue weighted by Gasteiger charge is 2.45. The van der Waals surface area contributed by atoms with Crippen LogP contribution in [0.15, 0.2) is 53.4 Å². The Morgan fingerprint density at radius 2 is 1.61 bits per heavy atom. The normalized spacial score (nSPS) is 16.4. The molecule has 1 unspecified atom stereocenters. The fraction of sp³-hybridized carbons (Fsp3) is 0.318. The molecule has 0 spiro atoms. The number of hydrogen-bond donors (Lipinski definition) is 2. The van der Waals surface area contributed by atoms with Gasteiger partial charge in [-0.2, -0.15) is 0 Å². The van der Waals surface area contributed by atoms with Crippen molar-refractivity contribution in [3.8, 4) is 16.9 Å². The van der Waals surface area contributed by atoms with Crippen LogP contribution < -0.4 is 10.1 Å². The molecule has 1 saturated heterocycles. The van der Waals surface area contributed by atoms with Crippen molar-refractivity contribution in [3.05, 3.63) is 48.5 Å². The average molecular weight is 529 g/mol. The molecular weight excluding hydrogens is 507 g/mol. The molecule has 2 aromatic rings. The maximum atomic E-state index is 13.0. The van der Waals surface area contributed by atoms with Crippen LogP contribution in [-0.4, -0.2) is 72.2 Å². The summed E-state index contributed by atoms with van der Waals surface area (Å²) < 4.78 is 66.7. The van der Waals surface area contributed by atoms with Gasteiger partial charge in [-0.3, -0.25) is 19.7 Å². The molecule has 2 N–H and O–H groups in total. The van der Waals surface area contributed by atoms with E-state index >= 15 is 0 Å². The second kappa shape index (κ2) is 9.78. The highest BCUT2D eigenvalue weighted by Crippen LogP contribution is 2.28. The van der Waals surface area contributed by atoms with E-state index in [9.17, 15) is 41.2 Å². The number of hydroxylamine groups is 2. The summed E-state index contributed by atoms with van der Waals surface area (Å²) in [7, 11) is -4.12. The summed E-state index contributed by atoms with van der Waals surface area (Å²) in [6.45, 7) is 2.34. The average Bonchev–Trinajstić information content (AvgIpc) is 2.98. The van der Waals surface area contributed by atoms with E-state index in [4.69, 9.17) is 0 Å². The number of alkyl halides is 3. The lowest BCUT2D eigenvalue weighted by Gasteiger charge is -2.26. The number of carbonyl (C=O) groups excluding carboxylic acids is 3. The number of sulfone groups is 1. The van der Waals surface area contributed by atoms with Gasteiger partial charge < -0.3 is 10.1 Å². The summed E-state index contributed by atoms with van der Waals surface area (Å²) in [5, 5.41) is 12.4. The molecule has 14 heteroatoms. The van der Waals surface area contributed by atoms with Gasteiger partial charge in [0.15, 0.2) is 9.84 Å². The van der Waals surface area contributed by atoms with E-state index in [2.05, 4.69) is 10.1 Å². The van der Waals surface area contributed by atoms with Crippen LogP contribution in [-0.2, 0) is 19.4 Å². The largest absolute Gasteiger partial charge is 0.573 e. The minimum Gasteiger partial charge on any atom is -0.406 e. The van der Waals surface area contributed by atoms with Gasteiger partial charge in [0, 0.05) is 0 Å². The first-order valence-electron chi connectivity index (χ1n) is 10.4. The third-order valence-corrected chi connectivity index (χ3v) is 7.18. The first kappa shape index (κ1) is 26.9. The van der Waals surface area contributed by atoms with Gasteiger partial charge in [0.05, 0.1) is 23.2 Å². The Hall–Kier alpha value is -3.65. The van der Waals surface area contributed by atoms with Crippen molar-refractivity contribution in [2.75, 3.05) is 12.3 Å². The zero-order chi connectivity index (χ0) is 26.9. The van der Waals surface area contributed by atoms with Crippen molar-refractivity contribution in [1.29, 1.82) is 0 Å². The summed E-state index contributed by atoms with van der Waals surface area (Å²) in [4.78, 5) is 36.2. The van der Waals surface area contributed by atoms with E-state index in [1.165, 1.54) is 50.2 Å². The number of carbonyl (C=O) groups is 3. The molecule has 1 fully saturated rings. The SMILES string of the molecule is CC1(C)NC(=O)N(CC(CS(=O)(=O)c2ccc(-c3ccc(OC(F)(F)F)cc3)cc2)N(O)C=O)C1=O. The molecule has 10 nitrogen and oxygen atoms in total. The van der Waals surface area contributed by atoms with Crippen LogP contribution in [0.2, 0.25) is 0 Å². The molecule has 194 valence electrons. The second-order valence-electron chi connectivity index (χ2n) is 8.49. The standard InChI is InChI=1S/C22H22F3N3O7S/c1-21(2)19(30)27(20(31)26-21)11-16(28(32)13-29)12-36(33,34)18-9-5-15(6-10-18)14-3-7-17(8-4-14)35-22(23,24)25/h3-10,13,16,32H,11-12H2,1-2H3,(H,26,31). The van der Waals surface area contributed by atoms with Crippen LogP contribution in [0.3, 0.4) is 0 Å². The topological polar surface area (TPSA) is 133 Å². The summed E-state index contributed by atoms with van der Waals surface area (Å²) in [5.74, 6) is -1.86. The Kier molecular flexibility index (Phi) is 7.32. The lowest BCUT2D eigenvalue weighted by molar-refractivity contribution is -0.274. The summed E-state index contributed by atoms with van der Waals surface area (Å²) in [5.41, 5.74) is -0.230. The molecule has 1 aliphatic heterocycles. The maximum Gasteiger partial charge on any atom is 0.573 e. The third kappa shape index (κ3) is 6.12. The number of halogens is 3. The van der Waals surface area contributed by atoms with E-state index in [-0.39, 0.29) is 16.4 Å². The zero-order valence-electron chi connectivity index (χ0n) is 19.0. The molecule has 4 amide bonds.